The summed E-state index contributed by atoms with van der Waals surface area (Å²) < 4.78 is 13.9. The molecule has 1 fully saturated rings. The first-order valence-electron chi connectivity index (χ1n) is 6.42. The van der Waals surface area contributed by atoms with Gasteiger partial charge in [0, 0.05) is 11.6 Å². The van der Waals surface area contributed by atoms with Crippen LogP contribution in [0.4, 0.5) is 10.1 Å². The van der Waals surface area contributed by atoms with Crippen LogP contribution in [-0.2, 0) is 0 Å². The summed E-state index contributed by atoms with van der Waals surface area (Å²) in [5.41, 5.74) is 6.60. The maximum Gasteiger partial charge on any atom is 0.146 e. The highest BCUT2D eigenvalue weighted by Gasteiger charge is 2.19. The van der Waals surface area contributed by atoms with Gasteiger partial charge in [0.25, 0.3) is 0 Å². The molecular formula is C14H19FN2S. The van der Waals surface area contributed by atoms with E-state index < -0.39 is 0 Å². The molecule has 0 saturated heterocycles. The summed E-state index contributed by atoms with van der Waals surface area (Å²) in [6.07, 6.45) is 4.71. The zero-order chi connectivity index (χ0) is 13.1. The van der Waals surface area contributed by atoms with Gasteiger partial charge in [-0.3, -0.25) is 0 Å². The number of halogens is 1. The van der Waals surface area contributed by atoms with Crippen molar-refractivity contribution in [3.63, 3.8) is 0 Å². The van der Waals surface area contributed by atoms with Gasteiger partial charge in [-0.05, 0) is 37.0 Å². The molecule has 18 heavy (non-hydrogen) atoms. The van der Waals surface area contributed by atoms with E-state index in [0.717, 1.165) is 18.8 Å². The Labute approximate surface area is 113 Å². The fraction of sp³-hybridized carbons (Fsp3) is 0.500. The van der Waals surface area contributed by atoms with Crippen LogP contribution in [0.5, 0.6) is 0 Å². The van der Waals surface area contributed by atoms with Crippen LogP contribution in [0, 0.1) is 11.7 Å². The molecule has 1 aliphatic rings. The van der Waals surface area contributed by atoms with Gasteiger partial charge < -0.3 is 11.1 Å². The van der Waals surface area contributed by atoms with Crippen LogP contribution in [0.1, 0.15) is 38.2 Å². The van der Waals surface area contributed by atoms with Crippen molar-refractivity contribution in [2.75, 3.05) is 5.32 Å². The number of rotatable bonds is 3. The molecule has 2 nitrogen and oxygen atoms in total. The molecule has 98 valence electrons. The van der Waals surface area contributed by atoms with Crippen molar-refractivity contribution in [1.82, 2.24) is 0 Å². The molecule has 2 unspecified atom stereocenters. The fourth-order valence-corrected chi connectivity index (χ4v) is 2.70. The molecule has 3 N–H and O–H groups in total. The molecule has 4 heteroatoms. The third-order valence-corrected chi connectivity index (χ3v) is 3.79. The van der Waals surface area contributed by atoms with E-state index in [9.17, 15) is 4.39 Å². The normalized spacial score (nSPS) is 23.7. The van der Waals surface area contributed by atoms with E-state index in [1.54, 1.807) is 12.1 Å². The molecule has 1 aromatic carbocycles. The number of hydrogen-bond donors (Lipinski definition) is 2. The largest absolute Gasteiger partial charge is 0.389 e. The van der Waals surface area contributed by atoms with Crippen LogP contribution in [0.25, 0.3) is 0 Å². The van der Waals surface area contributed by atoms with Crippen LogP contribution in [0.3, 0.4) is 0 Å². The second kappa shape index (κ2) is 5.65. The lowest BCUT2D eigenvalue weighted by Gasteiger charge is -2.28. The summed E-state index contributed by atoms with van der Waals surface area (Å²) in [6, 6.07) is 5.26. The average Bonchev–Trinajstić information content (AvgIpc) is 2.31. The zero-order valence-electron chi connectivity index (χ0n) is 10.6. The predicted octanol–water partition coefficient (Wildman–Crippen LogP) is 3.45. The molecule has 1 aliphatic carbocycles. The van der Waals surface area contributed by atoms with Gasteiger partial charge in [0.15, 0.2) is 0 Å². The predicted molar refractivity (Wildman–Crippen MR) is 77.3 cm³/mol. The van der Waals surface area contributed by atoms with E-state index in [0.29, 0.717) is 17.3 Å². The van der Waals surface area contributed by atoms with Crippen molar-refractivity contribution in [2.24, 2.45) is 11.7 Å². The van der Waals surface area contributed by atoms with E-state index in [2.05, 4.69) is 12.2 Å². The first-order valence-corrected chi connectivity index (χ1v) is 6.83. The summed E-state index contributed by atoms with van der Waals surface area (Å²) in [6.45, 7) is 2.25. The summed E-state index contributed by atoms with van der Waals surface area (Å²) in [5, 5.41) is 3.29. The smallest absolute Gasteiger partial charge is 0.146 e. The molecule has 0 bridgehead atoms. The highest BCUT2D eigenvalue weighted by Crippen LogP contribution is 2.27. The SMILES string of the molecule is CC1CCCC(Nc2ccc(C(N)=S)cc2F)C1. The Morgan fingerprint density at radius 1 is 1.44 bits per heavy atom. The van der Waals surface area contributed by atoms with Gasteiger partial charge in [0.2, 0.25) is 0 Å². The van der Waals surface area contributed by atoms with E-state index in [4.69, 9.17) is 18.0 Å². The van der Waals surface area contributed by atoms with Crippen molar-refractivity contribution >= 4 is 22.9 Å². The summed E-state index contributed by atoms with van der Waals surface area (Å²) in [4.78, 5) is 0.228. The maximum atomic E-state index is 13.9. The quantitative estimate of drug-likeness (QED) is 0.823. The fourth-order valence-electron chi connectivity index (χ4n) is 2.57. The highest BCUT2D eigenvalue weighted by atomic mass is 32.1. The lowest BCUT2D eigenvalue weighted by Crippen LogP contribution is -2.26. The molecule has 0 heterocycles. The average molecular weight is 266 g/mol. The Kier molecular flexibility index (Phi) is 4.17. The summed E-state index contributed by atoms with van der Waals surface area (Å²) >= 11 is 4.83. The van der Waals surface area contributed by atoms with Gasteiger partial charge in [0.1, 0.15) is 10.8 Å². The molecule has 2 rings (SSSR count). The lowest BCUT2D eigenvalue weighted by molar-refractivity contribution is 0.358. The summed E-state index contributed by atoms with van der Waals surface area (Å²) in [5.74, 6) is 0.439. The van der Waals surface area contributed by atoms with E-state index in [1.165, 1.54) is 18.9 Å². The van der Waals surface area contributed by atoms with E-state index in [1.807, 2.05) is 0 Å². The monoisotopic (exact) mass is 266 g/mol. The first kappa shape index (κ1) is 13.3. The Hall–Kier alpha value is -1.16. The van der Waals surface area contributed by atoms with E-state index in [-0.39, 0.29) is 10.8 Å². The van der Waals surface area contributed by atoms with Gasteiger partial charge in [-0.25, -0.2) is 4.39 Å². The number of nitrogens with one attached hydrogen (secondary N) is 1. The van der Waals surface area contributed by atoms with Crippen LogP contribution in [-0.4, -0.2) is 11.0 Å². The number of benzene rings is 1. The number of anilines is 1. The topological polar surface area (TPSA) is 38.0 Å². The third-order valence-electron chi connectivity index (χ3n) is 3.55. The maximum absolute atomic E-state index is 13.9. The van der Waals surface area contributed by atoms with Crippen molar-refractivity contribution in [3.8, 4) is 0 Å². The van der Waals surface area contributed by atoms with Crippen LogP contribution in [0.2, 0.25) is 0 Å². The van der Waals surface area contributed by atoms with Crippen LogP contribution < -0.4 is 11.1 Å². The van der Waals surface area contributed by atoms with Gasteiger partial charge in [0.05, 0.1) is 5.69 Å². The molecule has 0 aliphatic heterocycles. The Bertz CT molecular complexity index is 447. The van der Waals surface area contributed by atoms with E-state index >= 15 is 0 Å². The van der Waals surface area contributed by atoms with Crippen molar-refractivity contribution in [2.45, 2.75) is 38.6 Å². The molecule has 0 radical (unpaired) electrons. The van der Waals surface area contributed by atoms with Gasteiger partial charge in [-0.1, -0.05) is 32.0 Å². The Morgan fingerprint density at radius 3 is 2.83 bits per heavy atom. The van der Waals surface area contributed by atoms with Gasteiger partial charge >= 0.3 is 0 Å². The number of nitrogens with two attached hydrogens (primary N) is 1. The van der Waals surface area contributed by atoms with Crippen molar-refractivity contribution in [3.05, 3.63) is 29.6 Å². The zero-order valence-corrected chi connectivity index (χ0v) is 11.4. The molecule has 2 atom stereocenters. The number of hydrogen-bond acceptors (Lipinski definition) is 2. The summed E-state index contributed by atoms with van der Waals surface area (Å²) in [7, 11) is 0. The second-order valence-corrected chi connectivity index (χ2v) is 5.61. The third kappa shape index (κ3) is 3.19. The lowest BCUT2D eigenvalue weighted by atomic mass is 9.87. The molecule has 0 aromatic heterocycles. The van der Waals surface area contributed by atoms with Crippen LogP contribution >= 0.6 is 12.2 Å². The highest BCUT2D eigenvalue weighted by molar-refractivity contribution is 7.80. The molecule has 0 spiro atoms. The first-order chi connectivity index (χ1) is 8.56. The number of thiocarbonyl (C=S) groups is 1. The van der Waals surface area contributed by atoms with Gasteiger partial charge in [-0.2, -0.15) is 0 Å². The molecule has 0 amide bonds. The van der Waals surface area contributed by atoms with Crippen molar-refractivity contribution < 1.29 is 4.39 Å². The van der Waals surface area contributed by atoms with Gasteiger partial charge in [-0.15, -0.1) is 0 Å². The van der Waals surface area contributed by atoms with Crippen LogP contribution in [0.15, 0.2) is 18.2 Å². The Morgan fingerprint density at radius 2 is 2.22 bits per heavy atom. The Balaban J connectivity index is 2.07. The van der Waals surface area contributed by atoms with Crippen molar-refractivity contribution in [1.29, 1.82) is 0 Å². The molecule has 1 saturated carbocycles. The minimum absolute atomic E-state index is 0.228. The molecule has 1 aromatic rings. The minimum atomic E-state index is -0.279. The second-order valence-electron chi connectivity index (χ2n) is 5.17. The standard InChI is InChI=1S/C14H19FN2S/c1-9-3-2-4-11(7-9)17-13-6-5-10(14(16)18)8-12(13)15/h5-6,8-9,11,17H,2-4,7H2,1H3,(H2,16,18). The molecular weight excluding hydrogens is 247 g/mol. The minimum Gasteiger partial charge on any atom is -0.389 e.